The van der Waals surface area contributed by atoms with Crippen molar-refractivity contribution in [3.05, 3.63) is 57.1 Å². The lowest BCUT2D eigenvalue weighted by Gasteiger charge is -2.19. The average Bonchev–Trinajstić information content (AvgIpc) is 2.48. The molecule has 0 saturated heterocycles. The smallest absolute Gasteiger partial charge is 0.161 e. The van der Waals surface area contributed by atoms with Crippen LogP contribution in [0.3, 0.4) is 0 Å². The first-order valence-corrected chi connectivity index (χ1v) is 7.51. The monoisotopic (exact) mass is 349 g/mol. The topological polar surface area (TPSA) is 44.5 Å². The van der Waals surface area contributed by atoms with E-state index in [1.54, 1.807) is 14.2 Å². The zero-order valence-electron chi connectivity index (χ0n) is 12.7. The molecule has 0 aromatic heterocycles. The minimum atomic E-state index is -0.223. The highest BCUT2D eigenvalue weighted by Gasteiger charge is 2.17. The number of benzene rings is 2. The van der Waals surface area contributed by atoms with Gasteiger partial charge < -0.3 is 15.2 Å². The molecule has 2 aromatic carbocycles. The Balaban J connectivity index is 2.52. The minimum absolute atomic E-state index is 0.223. The Labute approximate surface area is 134 Å². The molecule has 2 rings (SSSR count). The summed E-state index contributed by atoms with van der Waals surface area (Å²) in [5.41, 5.74) is 10.8. The average molecular weight is 350 g/mol. The molecule has 1 unspecified atom stereocenters. The highest BCUT2D eigenvalue weighted by atomic mass is 79.9. The van der Waals surface area contributed by atoms with Crippen molar-refractivity contribution in [1.29, 1.82) is 0 Å². The van der Waals surface area contributed by atoms with Gasteiger partial charge in [-0.2, -0.15) is 0 Å². The lowest BCUT2D eigenvalue weighted by Crippen LogP contribution is -2.14. The molecule has 0 aliphatic rings. The molecule has 2 aromatic rings. The maximum absolute atomic E-state index is 6.48. The minimum Gasteiger partial charge on any atom is -0.493 e. The van der Waals surface area contributed by atoms with Gasteiger partial charge in [0.25, 0.3) is 0 Å². The third-order valence-electron chi connectivity index (χ3n) is 3.59. The van der Waals surface area contributed by atoms with Gasteiger partial charge in [0.15, 0.2) is 11.5 Å². The molecule has 0 bridgehead atoms. The van der Waals surface area contributed by atoms with Crippen LogP contribution in [-0.4, -0.2) is 14.2 Å². The second-order valence-corrected chi connectivity index (χ2v) is 5.92. The summed E-state index contributed by atoms with van der Waals surface area (Å²) in [6.07, 6.45) is 0. The molecule has 0 fully saturated rings. The molecule has 112 valence electrons. The fourth-order valence-electron chi connectivity index (χ4n) is 2.40. The fourth-order valence-corrected chi connectivity index (χ4v) is 2.89. The summed E-state index contributed by atoms with van der Waals surface area (Å²) in [5, 5.41) is 0. The highest BCUT2D eigenvalue weighted by molar-refractivity contribution is 9.10. The quantitative estimate of drug-likeness (QED) is 0.902. The van der Waals surface area contributed by atoms with E-state index in [2.05, 4.69) is 35.0 Å². The van der Waals surface area contributed by atoms with E-state index in [1.807, 2.05) is 25.1 Å². The molecule has 1 atom stereocenters. The largest absolute Gasteiger partial charge is 0.493 e. The van der Waals surface area contributed by atoms with Gasteiger partial charge in [-0.25, -0.2) is 0 Å². The van der Waals surface area contributed by atoms with Crippen LogP contribution in [0, 0.1) is 13.8 Å². The van der Waals surface area contributed by atoms with Crippen molar-refractivity contribution < 1.29 is 9.47 Å². The zero-order chi connectivity index (χ0) is 15.6. The van der Waals surface area contributed by atoms with Crippen LogP contribution in [0.5, 0.6) is 11.5 Å². The van der Waals surface area contributed by atoms with E-state index in [-0.39, 0.29) is 6.04 Å². The normalized spacial score (nSPS) is 12.1. The number of nitrogens with two attached hydrogens (primary N) is 1. The molecule has 0 amide bonds. The fraction of sp³-hybridized carbons (Fsp3) is 0.294. The summed E-state index contributed by atoms with van der Waals surface area (Å²) < 4.78 is 11.7. The van der Waals surface area contributed by atoms with Gasteiger partial charge in [-0.1, -0.05) is 33.6 Å². The van der Waals surface area contributed by atoms with Crippen molar-refractivity contribution in [2.24, 2.45) is 5.73 Å². The van der Waals surface area contributed by atoms with Gasteiger partial charge in [0, 0.05) is 4.47 Å². The Morgan fingerprint density at radius 1 is 0.952 bits per heavy atom. The van der Waals surface area contributed by atoms with Crippen LogP contribution in [-0.2, 0) is 0 Å². The Bertz CT molecular complexity index is 655. The predicted octanol–water partition coefficient (Wildman–Crippen LogP) is 4.13. The van der Waals surface area contributed by atoms with Gasteiger partial charge in [0.2, 0.25) is 0 Å². The van der Waals surface area contributed by atoms with Crippen molar-refractivity contribution in [1.82, 2.24) is 0 Å². The Morgan fingerprint density at radius 2 is 1.57 bits per heavy atom. The first kappa shape index (κ1) is 15.9. The molecular formula is C17H20BrNO2. The molecule has 0 aliphatic carbocycles. The Morgan fingerprint density at radius 3 is 2.19 bits per heavy atom. The van der Waals surface area contributed by atoms with Crippen molar-refractivity contribution in [2.75, 3.05) is 14.2 Å². The molecule has 0 spiro atoms. The number of ether oxygens (including phenoxy) is 2. The lowest BCUT2D eigenvalue weighted by atomic mass is 9.94. The molecule has 21 heavy (non-hydrogen) atoms. The standard InChI is InChI=1S/C17H20BrNO2/c1-10-5-6-14(18)13(7-10)17(19)12-9-16(21-4)15(20-3)8-11(12)2/h5-9,17H,19H2,1-4H3. The van der Waals surface area contributed by atoms with Crippen LogP contribution in [0.1, 0.15) is 28.3 Å². The maximum Gasteiger partial charge on any atom is 0.161 e. The SMILES string of the molecule is COc1cc(C)c(C(N)c2cc(C)ccc2Br)cc1OC. The Kier molecular flexibility index (Phi) is 4.91. The van der Waals surface area contributed by atoms with Crippen LogP contribution in [0.4, 0.5) is 0 Å². The van der Waals surface area contributed by atoms with E-state index >= 15 is 0 Å². The van der Waals surface area contributed by atoms with Crippen LogP contribution < -0.4 is 15.2 Å². The van der Waals surface area contributed by atoms with E-state index in [0.29, 0.717) is 11.5 Å². The van der Waals surface area contributed by atoms with Gasteiger partial charge in [0.1, 0.15) is 0 Å². The van der Waals surface area contributed by atoms with Crippen molar-refractivity contribution in [3.8, 4) is 11.5 Å². The number of hydrogen-bond acceptors (Lipinski definition) is 3. The number of hydrogen-bond donors (Lipinski definition) is 1. The summed E-state index contributed by atoms with van der Waals surface area (Å²) in [4.78, 5) is 0. The second-order valence-electron chi connectivity index (χ2n) is 5.07. The van der Waals surface area contributed by atoms with Crippen molar-refractivity contribution in [2.45, 2.75) is 19.9 Å². The van der Waals surface area contributed by atoms with Gasteiger partial charge in [-0.05, 0) is 48.7 Å². The first-order valence-electron chi connectivity index (χ1n) is 6.72. The third-order valence-corrected chi connectivity index (χ3v) is 4.32. The maximum atomic E-state index is 6.48. The predicted molar refractivity (Wildman–Crippen MR) is 89.2 cm³/mol. The van der Waals surface area contributed by atoms with Crippen LogP contribution in [0.15, 0.2) is 34.8 Å². The number of halogens is 1. The van der Waals surface area contributed by atoms with E-state index in [9.17, 15) is 0 Å². The summed E-state index contributed by atoms with van der Waals surface area (Å²) in [7, 11) is 3.26. The van der Waals surface area contributed by atoms with Crippen LogP contribution in [0.25, 0.3) is 0 Å². The summed E-state index contributed by atoms with van der Waals surface area (Å²) in [5.74, 6) is 1.41. The van der Waals surface area contributed by atoms with Gasteiger partial charge in [0.05, 0.1) is 20.3 Å². The van der Waals surface area contributed by atoms with Crippen LogP contribution >= 0.6 is 15.9 Å². The van der Waals surface area contributed by atoms with E-state index in [1.165, 1.54) is 5.56 Å². The van der Waals surface area contributed by atoms with Gasteiger partial charge >= 0.3 is 0 Å². The third kappa shape index (κ3) is 3.22. The molecule has 0 saturated carbocycles. The van der Waals surface area contributed by atoms with E-state index in [0.717, 1.165) is 21.2 Å². The molecular weight excluding hydrogens is 330 g/mol. The second kappa shape index (κ2) is 6.50. The van der Waals surface area contributed by atoms with Gasteiger partial charge in [-0.15, -0.1) is 0 Å². The highest BCUT2D eigenvalue weighted by Crippen LogP contribution is 2.36. The van der Waals surface area contributed by atoms with E-state index in [4.69, 9.17) is 15.2 Å². The molecule has 2 N–H and O–H groups in total. The molecule has 0 aliphatic heterocycles. The van der Waals surface area contributed by atoms with Gasteiger partial charge in [-0.3, -0.25) is 0 Å². The summed E-state index contributed by atoms with van der Waals surface area (Å²) in [6, 6.07) is 9.87. The van der Waals surface area contributed by atoms with Crippen molar-refractivity contribution >= 4 is 15.9 Å². The molecule has 0 heterocycles. The molecule has 0 radical (unpaired) electrons. The number of aryl methyl sites for hydroxylation is 2. The summed E-state index contributed by atoms with van der Waals surface area (Å²) >= 11 is 3.58. The van der Waals surface area contributed by atoms with E-state index < -0.39 is 0 Å². The summed E-state index contributed by atoms with van der Waals surface area (Å²) in [6.45, 7) is 4.09. The molecule has 3 nitrogen and oxygen atoms in total. The Hall–Kier alpha value is -1.52. The lowest BCUT2D eigenvalue weighted by molar-refractivity contribution is 0.354. The van der Waals surface area contributed by atoms with Crippen molar-refractivity contribution in [3.63, 3.8) is 0 Å². The van der Waals surface area contributed by atoms with Crippen LogP contribution in [0.2, 0.25) is 0 Å². The first-order chi connectivity index (χ1) is 9.97. The number of rotatable bonds is 4. The number of methoxy groups -OCH3 is 2. The zero-order valence-corrected chi connectivity index (χ0v) is 14.3. The molecule has 4 heteroatoms.